The Hall–Kier alpha value is -1.14. The average Bonchev–Trinajstić information content (AvgIpc) is 2.47. The van der Waals surface area contributed by atoms with Gasteiger partial charge in [0.2, 0.25) is 0 Å². The van der Waals surface area contributed by atoms with Crippen LogP contribution in [0.4, 0.5) is 0 Å². The van der Waals surface area contributed by atoms with E-state index in [1.54, 1.807) is 0 Å². The highest BCUT2D eigenvalue weighted by atomic mass is 16.3. The van der Waals surface area contributed by atoms with Crippen LogP contribution < -0.4 is 10.6 Å². The van der Waals surface area contributed by atoms with Crippen LogP contribution in [0.2, 0.25) is 0 Å². The van der Waals surface area contributed by atoms with Gasteiger partial charge in [0.05, 0.1) is 25.3 Å². The molecule has 0 fully saturated rings. The van der Waals surface area contributed by atoms with Gasteiger partial charge in [-0.2, -0.15) is 0 Å². The number of rotatable bonds is 8. The third kappa shape index (κ3) is 5.88. The monoisotopic (exact) mass is 288 g/mol. The third-order valence-corrected chi connectivity index (χ3v) is 3.89. The molecular weight excluding hydrogens is 260 g/mol. The Kier molecular flexibility index (Phi) is 9.16. The first-order chi connectivity index (χ1) is 9.40. The molecule has 0 heterocycles. The van der Waals surface area contributed by atoms with Crippen molar-refractivity contribution in [2.24, 2.45) is 11.8 Å². The van der Waals surface area contributed by atoms with E-state index in [-0.39, 0.29) is 25.0 Å². The van der Waals surface area contributed by atoms with Crippen molar-refractivity contribution in [3.05, 3.63) is 0 Å². The molecule has 0 aromatic carbocycles. The van der Waals surface area contributed by atoms with Crippen molar-refractivity contribution in [3.63, 3.8) is 0 Å². The maximum Gasteiger partial charge on any atom is 0.309 e. The molecule has 20 heavy (non-hydrogen) atoms. The molecule has 2 amide bonds. The zero-order valence-electron chi connectivity index (χ0n) is 12.8. The fourth-order valence-corrected chi connectivity index (χ4v) is 1.77. The van der Waals surface area contributed by atoms with E-state index in [0.717, 1.165) is 12.8 Å². The Bertz CT molecular complexity index is 280. The number of amides is 2. The first kappa shape index (κ1) is 18.9. The van der Waals surface area contributed by atoms with Gasteiger partial charge in [0.1, 0.15) is 0 Å². The molecule has 0 aliphatic carbocycles. The standard InChI is InChI=1S/C14H28N2O4/c1-5-9(3)11(7-17)15-13(19)14(20)16-12(8-18)10(4)6-2/h9-12,17-18H,5-8H2,1-4H3,(H,15,19)(H,16,20)/t9-,10+,11+,12-. The van der Waals surface area contributed by atoms with E-state index < -0.39 is 23.9 Å². The zero-order valence-corrected chi connectivity index (χ0v) is 12.8. The third-order valence-electron chi connectivity index (χ3n) is 3.89. The molecule has 0 aliphatic heterocycles. The number of nitrogens with one attached hydrogen (secondary N) is 2. The molecule has 0 radical (unpaired) electrons. The molecule has 0 saturated carbocycles. The van der Waals surface area contributed by atoms with Crippen molar-refractivity contribution in [2.45, 2.75) is 52.6 Å². The number of carbonyl (C=O) groups excluding carboxylic acids is 2. The number of aliphatic hydroxyl groups is 2. The summed E-state index contributed by atoms with van der Waals surface area (Å²) in [7, 11) is 0. The first-order valence-electron chi connectivity index (χ1n) is 7.24. The molecule has 0 rings (SSSR count). The van der Waals surface area contributed by atoms with Gasteiger partial charge in [-0.15, -0.1) is 0 Å². The Morgan fingerprint density at radius 3 is 1.35 bits per heavy atom. The van der Waals surface area contributed by atoms with E-state index >= 15 is 0 Å². The molecule has 6 nitrogen and oxygen atoms in total. The van der Waals surface area contributed by atoms with Gasteiger partial charge < -0.3 is 20.8 Å². The van der Waals surface area contributed by atoms with Crippen LogP contribution in [0.25, 0.3) is 0 Å². The highest BCUT2D eigenvalue weighted by Gasteiger charge is 2.25. The molecular formula is C14H28N2O4. The summed E-state index contributed by atoms with van der Waals surface area (Å²) in [6.07, 6.45) is 1.58. The highest BCUT2D eigenvalue weighted by molar-refractivity contribution is 6.35. The van der Waals surface area contributed by atoms with Crippen LogP contribution in [-0.4, -0.2) is 47.3 Å². The molecule has 6 heteroatoms. The number of carbonyl (C=O) groups is 2. The summed E-state index contributed by atoms with van der Waals surface area (Å²) in [4.78, 5) is 23.6. The van der Waals surface area contributed by atoms with Crippen molar-refractivity contribution < 1.29 is 19.8 Å². The summed E-state index contributed by atoms with van der Waals surface area (Å²) >= 11 is 0. The summed E-state index contributed by atoms with van der Waals surface area (Å²) in [6, 6.07) is -0.871. The smallest absolute Gasteiger partial charge is 0.309 e. The van der Waals surface area contributed by atoms with Crippen LogP contribution in [0.3, 0.4) is 0 Å². The van der Waals surface area contributed by atoms with Crippen LogP contribution in [0.1, 0.15) is 40.5 Å². The van der Waals surface area contributed by atoms with E-state index in [1.807, 2.05) is 27.7 Å². The summed E-state index contributed by atoms with van der Waals surface area (Å²) in [6.45, 7) is 7.28. The van der Waals surface area contributed by atoms with E-state index in [4.69, 9.17) is 0 Å². The molecule has 0 saturated heterocycles. The molecule has 0 spiro atoms. The fraction of sp³-hybridized carbons (Fsp3) is 0.857. The van der Waals surface area contributed by atoms with Crippen molar-refractivity contribution in [3.8, 4) is 0 Å². The Morgan fingerprint density at radius 2 is 1.15 bits per heavy atom. The van der Waals surface area contributed by atoms with E-state index in [2.05, 4.69) is 10.6 Å². The predicted octanol–water partition coefficient (Wildman–Crippen LogP) is 0.0328. The van der Waals surface area contributed by atoms with Gasteiger partial charge in [-0.1, -0.05) is 40.5 Å². The lowest BCUT2D eigenvalue weighted by atomic mass is 9.99. The van der Waals surface area contributed by atoms with E-state index in [9.17, 15) is 19.8 Å². The Balaban J connectivity index is 4.50. The molecule has 4 N–H and O–H groups in total. The minimum absolute atomic E-state index is 0.0833. The van der Waals surface area contributed by atoms with Gasteiger partial charge in [0, 0.05) is 0 Å². The average molecular weight is 288 g/mol. The number of hydrogen-bond donors (Lipinski definition) is 4. The number of hydrogen-bond acceptors (Lipinski definition) is 4. The van der Waals surface area contributed by atoms with E-state index in [1.165, 1.54) is 0 Å². The van der Waals surface area contributed by atoms with Crippen LogP contribution in [0.15, 0.2) is 0 Å². The van der Waals surface area contributed by atoms with Crippen molar-refractivity contribution in [2.75, 3.05) is 13.2 Å². The molecule has 118 valence electrons. The van der Waals surface area contributed by atoms with Crippen LogP contribution >= 0.6 is 0 Å². The van der Waals surface area contributed by atoms with E-state index in [0.29, 0.717) is 0 Å². The second-order valence-corrected chi connectivity index (χ2v) is 5.30. The lowest BCUT2D eigenvalue weighted by Gasteiger charge is -2.24. The lowest BCUT2D eigenvalue weighted by molar-refractivity contribution is -0.140. The predicted molar refractivity (Wildman–Crippen MR) is 76.9 cm³/mol. The van der Waals surface area contributed by atoms with Crippen LogP contribution in [-0.2, 0) is 9.59 Å². The second kappa shape index (κ2) is 9.72. The van der Waals surface area contributed by atoms with Gasteiger partial charge in [0.15, 0.2) is 0 Å². The molecule has 4 atom stereocenters. The second-order valence-electron chi connectivity index (χ2n) is 5.30. The topological polar surface area (TPSA) is 98.7 Å². The molecule has 0 aromatic heterocycles. The minimum atomic E-state index is -0.772. The highest BCUT2D eigenvalue weighted by Crippen LogP contribution is 2.08. The van der Waals surface area contributed by atoms with Crippen molar-refractivity contribution in [1.82, 2.24) is 10.6 Å². The molecule has 0 aromatic rings. The SMILES string of the molecule is CC[C@@H](C)[C@H](CO)NC(=O)C(=O)N[C@H](CO)[C@@H](C)CC. The number of aliphatic hydroxyl groups excluding tert-OH is 2. The fourth-order valence-electron chi connectivity index (χ4n) is 1.77. The van der Waals surface area contributed by atoms with Gasteiger partial charge in [-0.25, -0.2) is 0 Å². The quantitative estimate of drug-likeness (QED) is 0.474. The van der Waals surface area contributed by atoms with Crippen molar-refractivity contribution >= 4 is 11.8 Å². The van der Waals surface area contributed by atoms with Gasteiger partial charge in [-0.05, 0) is 11.8 Å². The molecule has 0 unspecified atom stereocenters. The summed E-state index contributed by atoms with van der Waals surface area (Å²) in [5, 5.41) is 23.5. The molecule has 0 bridgehead atoms. The van der Waals surface area contributed by atoms with Gasteiger partial charge in [0.25, 0.3) is 0 Å². The summed E-state index contributed by atoms with van der Waals surface area (Å²) < 4.78 is 0. The lowest BCUT2D eigenvalue weighted by Crippen LogP contribution is -2.52. The Morgan fingerprint density at radius 1 is 0.850 bits per heavy atom. The molecule has 0 aliphatic rings. The van der Waals surface area contributed by atoms with Gasteiger partial charge >= 0.3 is 11.8 Å². The van der Waals surface area contributed by atoms with Crippen molar-refractivity contribution in [1.29, 1.82) is 0 Å². The largest absolute Gasteiger partial charge is 0.394 e. The van der Waals surface area contributed by atoms with Crippen LogP contribution in [0.5, 0.6) is 0 Å². The summed E-state index contributed by atoms with van der Waals surface area (Å²) in [5.74, 6) is -1.38. The normalized spacial score (nSPS) is 16.9. The maximum atomic E-state index is 11.8. The zero-order chi connectivity index (χ0) is 15.7. The Labute approximate surface area is 120 Å². The minimum Gasteiger partial charge on any atom is -0.394 e. The first-order valence-corrected chi connectivity index (χ1v) is 7.24. The maximum absolute atomic E-state index is 11.8. The van der Waals surface area contributed by atoms with Gasteiger partial charge in [-0.3, -0.25) is 9.59 Å². The summed E-state index contributed by atoms with van der Waals surface area (Å²) in [5.41, 5.74) is 0. The van der Waals surface area contributed by atoms with Crippen LogP contribution in [0, 0.1) is 11.8 Å².